The fourth-order valence-electron chi connectivity index (χ4n) is 4.72. The first-order valence-corrected chi connectivity index (χ1v) is 11.0. The fraction of sp³-hybridized carbons (Fsp3) is 0.214. The molecule has 1 amide bonds. The molecule has 0 spiro atoms. The van der Waals surface area contributed by atoms with Gasteiger partial charge in [0.15, 0.2) is 0 Å². The van der Waals surface area contributed by atoms with Crippen LogP contribution in [0.1, 0.15) is 33.3 Å². The largest absolute Gasteiger partial charge is 0.291 e. The van der Waals surface area contributed by atoms with Crippen molar-refractivity contribution >= 4 is 38.9 Å². The van der Waals surface area contributed by atoms with Gasteiger partial charge < -0.3 is 0 Å². The van der Waals surface area contributed by atoms with Gasteiger partial charge in [-0.1, -0.05) is 48.5 Å². The summed E-state index contributed by atoms with van der Waals surface area (Å²) >= 11 is 0. The number of aryl methyl sites for hydroxylation is 1. The van der Waals surface area contributed by atoms with Gasteiger partial charge in [0.2, 0.25) is 5.91 Å². The van der Waals surface area contributed by atoms with Crippen LogP contribution in [0, 0.1) is 6.92 Å². The monoisotopic (exact) mass is 421 g/mol. The average Bonchev–Trinajstić information content (AvgIpc) is 3.09. The summed E-state index contributed by atoms with van der Waals surface area (Å²) in [4.78, 5) is 19.9. The number of fused-ring (bicyclic) bond motifs is 4. The van der Waals surface area contributed by atoms with E-state index in [2.05, 4.69) is 94.4 Å². The number of carbonyl (C=O) groups is 1. The lowest BCUT2D eigenvalue weighted by Crippen LogP contribution is -2.45. The van der Waals surface area contributed by atoms with E-state index in [4.69, 9.17) is 4.98 Å². The maximum Gasteiger partial charge on any atom is 0.225 e. The van der Waals surface area contributed by atoms with Crippen molar-refractivity contribution in [1.29, 1.82) is 0 Å². The quantitative estimate of drug-likeness (QED) is 0.295. The molecule has 5 rings (SSSR count). The fourth-order valence-corrected chi connectivity index (χ4v) is 4.72. The SMILES string of the molecule is CC(=O)N(c1c(-c2cc3ccccc3c3ccccc23)nc2cc(C)ccn12)C(C)(C)C. The normalized spacial score (nSPS) is 12.0. The molecule has 0 saturated heterocycles. The van der Waals surface area contributed by atoms with Crippen molar-refractivity contribution < 1.29 is 4.79 Å². The van der Waals surface area contributed by atoms with Crippen molar-refractivity contribution in [3.05, 3.63) is 78.5 Å². The molecule has 160 valence electrons. The average molecular weight is 422 g/mol. The maximum absolute atomic E-state index is 12.9. The van der Waals surface area contributed by atoms with Gasteiger partial charge in [-0.2, -0.15) is 0 Å². The summed E-state index contributed by atoms with van der Waals surface area (Å²) in [6.45, 7) is 9.87. The van der Waals surface area contributed by atoms with Crippen molar-refractivity contribution in [3.8, 4) is 11.3 Å². The van der Waals surface area contributed by atoms with E-state index in [0.29, 0.717) is 0 Å². The Bertz CT molecular complexity index is 1500. The summed E-state index contributed by atoms with van der Waals surface area (Å²) in [5.41, 5.74) is 3.42. The second-order valence-corrected chi connectivity index (χ2v) is 9.43. The van der Waals surface area contributed by atoms with E-state index < -0.39 is 5.54 Å². The molecule has 3 aromatic carbocycles. The summed E-state index contributed by atoms with van der Waals surface area (Å²) in [5, 5.41) is 4.69. The molecule has 0 N–H and O–H groups in total. The van der Waals surface area contributed by atoms with E-state index in [1.807, 2.05) is 15.5 Å². The third kappa shape index (κ3) is 3.14. The van der Waals surface area contributed by atoms with Crippen LogP contribution in [0.15, 0.2) is 72.9 Å². The molecule has 0 aliphatic heterocycles. The first-order chi connectivity index (χ1) is 15.3. The molecule has 5 aromatic rings. The highest BCUT2D eigenvalue weighted by Gasteiger charge is 2.32. The van der Waals surface area contributed by atoms with Crippen LogP contribution in [0.3, 0.4) is 0 Å². The van der Waals surface area contributed by atoms with Crippen molar-refractivity contribution in [2.45, 2.75) is 40.2 Å². The second-order valence-electron chi connectivity index (χ2n) is 9.43. The molecular formula is C28H27N3O. The molecule has 4 nitrogen and oxygen atoms in total. The predicted octanol–water partition coefficient (Wildman–Crippen LogP) is 6.77. The zero-order valence-electron chi connectivity index (χ0n) is 19.2. The lowest BCUT2D eigenvalue weighted by molar-refractivity contribution is -0.117. The number of anilines is 1. The van der Waals surface area contributed by atoms with Gasteiger partial charge in [0, 0.05) is 24.2 Å². The Morgan fingerprint density at radius 3 is 2.25 bits per heavy atom. The predicted molar refractivity (Wildman–Crippen MR) is 133 cm³/mol. The Labute approximate surface area is 188 Å². The molecule has 0 radical (unpaired) electrons. The smallest absolute Gasteiger partial charge is 0.225 e. The van der Waals surface area contributed by atoms with Gasteiger partial charge in [0.25, 0.3) is 0 Å². The lowest BCUT2D eigenvalue weighted by atomic mass is 9.95. The van der Waals surface area contributed by atoms with Crippen LogP contribution in [-0.4, -0.2) is 20.8 Å². The molecule has 2 heterocycles. The van der Waals surface area contributed by atoms with Crippen molar-refractivity contribution in [1.82, 2.24) is 9.38 Å². The van der Waals surface area contributed by atoms with Crippen molar-refractivity contribution in [2.24, 2.45) is 0 Å². The third-order valence-corrected chi connectivity index (χ3v) is 5.98. The highest BCUT2D eigenvalue weighted by Crippen LogP contribution is 2.41. The standard InChI is InChI=1S/C28H27N3O/c1-18-14-15-30-25(16-18)29-26(27(30)31(19(2)32)28(3,4)5)24-17-20-10-6-7-11-21(20)22-12-8-9-13-23(22)24/h6-17H,1-5H3. The molecule has 0 atom stereocenters. The van der Waals surface area contributed by atoms with Crippen LogP contribution in [0.2, 0.25) is 0 Å². The van der Waals surface area contributed by atoms with E-state index in [0.717, 1.165) is 39.1 Å². The number of aromatic nitrogens is 2. The Balaban J connectivity index is 1.95. The first kappa shape index (κ1) is 20.3. The minimum absolute atomic E-state index is 0.00813. The van der Waals surface area contributed by atoms with Crippen LogP contribution >= 0.6 is 0 Å². The summed E-state index contributed by atoms with van der Waals surface area (Å²) < 4.78 is 2.04. The van der Waals surface area contributed by atoms with Crippen LogP contribution < -0.4 is 4.90 Å². The molecule has 0 aliphatic rings. The molecule has 0 fully saturated rings. The topological polar surface area (TPSA) is 37.6 Å². The lowest BCUT2D eigenvalue weighted by Gasteiger charge is -2.35. The molecule has 0 saturated carbocycles. The Morgan fingerprint density at radius 2 is 1.56 bits per heavy atom. The van der Waals surface area contributed by atoms with Gasteiger partial charge in [0.05, 0.1) is 0 Å². The number of hydrogen-bond acceptors (Lipinski definition) is 2. The highest BCUT2D eigenvalue weighted by atomic mass is 16.2. The van der Waals surface area contributed by atoms with E-state index >= 15 is 0 Å². The summed E-state index contributed by atoms with van der Waals surface area (Å²) in [5.74, 6) is 0.798. The number of nitrogens with zero attached hydrogens (tertiary/aromatic N) is 3. The number of carbonyl (C=O) groups excluding carboxylic acids is 1. The Kier molecular flexibility index (Phi) is 4.55. The van der Waals surface area contributed by atoms with Gasteiger partial charge >= 0.3 is 0 Å². The minimum Gasteiger partial charge on any atom is -0.291 e. The van der Waals surface area contributed by atoms with E-state index in [1.165, 1.54) is 10.8 Å². The number of amides is 1. The Hall–Kier alpha value is -3.66. The maximum atomic E-state index is 12.9. The Morgan fingerprint density at radius 1 is 0.906 bits per heavy atom. The van der Waals surface area contributed by atoms with Gasteiger partial charge in [0.1, 0.15) is 17.2 Å². The molecule has 2 aromatic heterocycles. The van der Waals surface area contributed by atoms with E-state index in [9.17, 15) is 4.79 Å². The number of benzene rings is 3. The highest BCUT2D eigenvalue weighted by molar-refractivity contribution is 6.14. The van der Waals surface area contributed by atoms with Gasteiger partial charge in [-0.15, -0.1) is 0 Å². The molecule has 32 heavy (non-hydrogen) atoms. The van der Waals surface area contributed by atoms with Crippen molar-refractivity contribution in [3.63, 3.8) is 0 Å². The summed E-state index contributed by atoms with van der Waals surface area (Å²) in [6.07, 6.45) is 2.02. The second kappa shape index (κ2) is 7.20. The molecule has 0 bridgehead atoms. The van der Waals surface area contributed by atoms with Crippen molar-refractivity contribution in [2.75, 3.05) is 4.90 Å². The van der Waals surface area contributed by atoms with E-state index in [-0.39, 0.29) is 5.91 Å². The molecular weight excluding hydrogens is 394 g/mol. The zero-order chi connectivity index (χ0) is 22.6. The van der Waals surface area contributed by atoms with Crippen LogP contribution in [-0.2, 0) is 4.79 Å². The van der Waals surface area contributed by atoms with Crippen LogP contribution in [0.4, 0.5) is 5.82 Å². The third-order valence-electron chi connectivity index (χ3n) is 5.98. The summed E-state index contributed by atoms with van der Waals surface area (Å²) in [6, 6.07) is 23.2. The molecule has 0 aliphatic carbocycles. The van der Waals surface area contributed by atoms with Crippen LogP contribution in [0.5, 0.6) is 0 Å². The number of hydrogen-bond donors (Lipinski definition) is 0. The zero-order valence-corrected chi connectivity index (χ0v) is 19.2. The molecule has 0 unspecified atom stereocenters. The molecule has 4 heteroatoms. The van der Waals surface area contributed by atoms with Gasteiger partial charge in [-0.3, -0.25) is 14.1 Å². The number of pyridine rings is 1. The van der Waals surface area contributed by atoms with E-state index in [1.54, 1.807) is 6.92 Å². The van der Waals surface area contributed by atoms with Gasteiger partial charge in [-0.25, -0.2) is 4.98 Å². The van der Waals surface area contributed by atoms with Gasteiger partial charge in [-0.05, 0) is 73.0 Å². The summed E-state index contributed by atoms with van der Waals surface area (Å²) in [7, 11) is 0. The van der Waals surface area contributed by atoms with Crippen LogP contribution in [0.25, 0.3) is 38.4 Å². The first-order valence-electron chi connectivity index (χ1n) is 11.0. The minimum atomic E-state index is -0.409. The number of rotatable bonds is 2. The number of imidazole rings is 1.